The van der Waals surface area contributed by atoms with Crippen LogP contribution in [0.15, 0.2) is 18.3 Å². The molecule has 0 bridgehead atoms. The molecule has 2 rings (SSSR count). The highest BCUT2D eigenvalue weighted by Crippen LogP contribution is 2.25. The molecular weight excluding hydrogens is 264 g/mol. The van der Waals surface area contributed by atoms with E-state index in [2.05, 4.69) is 4.98 Å². The summed E-state index contributed by atoms with van der Waals surface area (Å²) in [5.41, 5.74) is 0.300. The van der Waals surface area contributed by atoms with Gasteiger partial charge in [0.05, 0.1) is 26.4 Å². The molecule has 0 radical (unpaired) electrons. The van der Waals surface area contributed by atoms with Crippen LogP contribution in [0.3, 0.4) is 0 Å². The van der Waals surface area contributed by atoms with Crippen LogP contribution in [-0.2, 0) is 14.3 Å². The smallest absolute Gasteiger partial charge is 0.341 e. The average Bonchev–Trinajstić information content (AvgIpc) is 2.95. The molecule has 0 aliphatic carbocycles. The van der Waals surface area contributed by atoms with E-state index in [0.717, 1.165) is 0 Å². The van der Waals surface area contributed by atoms with Crippen LogP contribution in [0.4, 0.5) is 5.82 Å². The van der Waals surface area contributed by atoms with E-state index in [9.17, 15) is 14.7 Å². The number of carbonyl (C=O) groups excluding carboxylic acids is 1. The van der Waals surface area contributed by atoms with Gasteiger partial charge in [0.25, 0.3) is 0 Å². The third-order valence-corrected chi connectivity index (χ3v) is 3.39. The molecule has 2 heterocycles. The Hall–Kier alpha value is -2.15. The summed E-state index contributed by atoms with van der Waals surface area (Å²) in [7, 11) is 2.99. The van der Waals surface area contributed by atoms with Crippen LogP contribution in [0.25, 0.3) is 0 Å². The van der Waals surface area contributed by atoms with Gasteiger partial charge in [-0.1, -0.05) is 0 Å². The van der Waals surface area contributed by atoms with Crippen molar-refractivity contribution in [2.75, 3.05) is 32.3 Å². The van der Waals surface area contributed by atoms with E-state index in [-0.39, 0.29) is 19.3 Å². The first-order chi connectivity index (χ1) is 9.56. The maximum atomic E-state index is 11.7. The number of likely N-dealkylation sites (N-methyl/N-ethyl adjacent to an activating group) is 1. The van der Waals surface area contributed by atoms with Crippen molar-refractivity contribution in [1.82, 2.24) is 4.98 Å². The van der Waals surface area contributed by atoms with Gasteiger partial charge in [0.1, 0.15) is 17.3 Å². The molecular formula is C13H16N2O5. The maximum Gasteiger partial charge on any atom is 0.341 e. The second-order valence-electron chi connectivity index (χ2n) is 4.53. The Morgan fingerprint density at radius 2 is 2.25 bits per heavy atom. The van der Waals surface area contributed by atoms with E-state index < -0.39 is 17.9 Å². The van der Waals surface area contributed by atoms with Crippen molar-refractivity contribution in [2.45, 2.75) is 6.04 Å². The van der Waals surface area contributed by atoms with Gasteiger partial charge < -0.3 is 19.5 Å². The van der Waals surface area contributed by atoms with Crippen LogP contribution >= 0.6 is 0 Å². The summed E-state index contributed by atoms with van der Waals surface area (Å²) >= 11 is 0. The molecule has 7 heteroatoms. The van der Waals surface area contributed by atoms with Crippen molar-refractivity contribution in [3.05, 3.63) is 23.9 Å². The minimum Gasteiger partial charge on any atom is -0.481 e. The Balaban J connectivity index is 2.31. The second kappa shape index (κ2) is 5.87. The Morgan fingerprint density at radius 3 is 2.90 bits per heavy atom. The predicted octanol–water partition coefficient (Wildman–Crippen LogP) is 0.404. The number of rotatable bonds is 4. The van der Waals surface area contributed by atoms with Gasteiger partial charge >= 0.3 is 11.9 Å². The Labute approximate surface area is 116 Å². The van der Waals surface area contributed by atoms with E-state index in [4.69, 9.17) is 9.47 Å². The lowest BCUT2D eigenvalue weighted by Crippen LogP contribution is -2.42. The van der Waals surface area contributed by atoms with Gasteiger partial charge in [-0.25, -0.2) is 9.78 Å². The predicted molar refractivity (Wildman–Crippen MR) is 69.7 cm³/mol. The first-order valence-corrected chi connectivity index (χ1v) is 6.13. The molecule has 0 spiro atoms. The fourth-order valence-corrected chi connectivity index (χ4v) is 2.26. The topological polar surface area (TPSA) is 89.0 Å². The largest absolute Gasteiger partial charge is 0.481 e. The number of pyridine rings is 1. The van der Waals surface area contributed by atoms with Crippen LogP contribution in [0, 0.1) is 5.92 Å². The number of nitrogens with zero attached hydrogens (tertiary/aromatic N) is 2. The lowest BCUT2D eigenvalue weighted by molar-refractivity contribution is -0.141. The van der Waals surface area contributed by atoms with E-state index in [1.807, 2.05) is 0 Å². The second-order valence-corrected chi connectivity index (χ2v) is 4.53. The molecule has 0 amide bonds. The summed E-state index contributed by atoms with van der Waals surface area (Å²) in [6, 6.07) is 2.85. The Kier molecular flexibility index (Phi) is 4.19. The Morgan fingerprint density at radius 1 is 1.50 bits per heavy atom. The minimum absolute atomic E-state index is 0.157. The molecule has 1 aliphatic rings. The number of carboxylic acid groups (broad SMARTS) is 1. The van der Waals surface area contributed by atoms with E-state index in [1.165, 1.54) is 7.11 Å². The molecule has 0 saturated carbocycles. The van der Waals surface area contributed by atoms with Crippen molar-refractivity contribution < 1.29 is 24.2 Å². The summed E-state index contributed by atoms with van der Waals surface area (Å²) in [4.78, 5) is 28.8. The van der Waals surface area contributed by atoms with Crippen molar-refractivity contribution >= 4 is 17.8 Å². The zero-order valence-electron chi connectivity index (χ0n) is 11.3. The van der Waals surface area contributed by atoms with Crippen molar-refractivity contribution in [2.24, 2.45) is 5.92 Å². The molecule has 1 N–H and O–H groups in total. The minimum atomic E-state index is -0.921. The van der Waals surface area contributed by atoms with Crippen LogP contribution in [0.5, 0.6) is 0 Å². The van der Waals surface area contributed by atoms with Crippen molar-refractivity contribution in [1.29, 1.82) is 0 Å². The molecule has 2 atom stereocenters. The van der Waals surface area contributed by atoms with E-state index >= 15 is 0 Å². The quantitative estimate of drug-likeness (QED) is 0.799. The van der Waals surface area contributed by atoms with Gasteiger partial charge in [-0.15, -0.1) is 0 Å². The van der Waals surface area contributed by atoms with Crippen LogP contribution in [0.1, 0.15) is 10.4 Å². The zero-order chi connectivity index (χ0) is 14.7. The molecule has 20 heavy (non-hydrogen) atoms. The highest BCUT2D eigenvalue weighted by Gasteiger charge is 2.38. The number of carbonyl (C=O) groups is 2. The van der Waals surface area contributed by atoms with Crippen LogP contribution in [0.2, 0.25) is 0 Å². The maximum absolute atomic E-state index is 11.7. The van der Waals surface area contributed by atoms with Crippen molar-refractivity contribution in [3.63, 3.8) is 0 Å². The number of carboxylic acids is 1. The number of anilines is 1. The summed E-state index contributed by atoms with van der Waals surface area (Å²) in [6.45, 7) is 0.440. The van der Waals surface area contributed by atoms with Gasteiger partial charge in [0.2, 0.25) is 0 Å². The fraction of sp³-hybridized carbons (Fsp3) is 0.462. The number of ether oxygens (including phenoxy) is 2. The van der Waals surface area contributed by atoms with Crippen molar-refractivity contribution in [3.8, 4) is 0 Å². The lowest BCUT2D eigenvalue weighted by Gasteiger charge is -2.28. The van der Waals surface area contributed by atoms with Gasteiger partial charge in [0, 0.05) is 13.2 Å². The van der Waals surface area contributed by atoms with Gasteiger partial charge in [0.15, 0.2) is 0 Å². The first-order valence-electron chi connectivity index (χ1n) is 6.13. The zero-order valence-corrected chi connectivity index (χ0v) is 11.3. The molecule has 0 aromatic carbocycles. The summed E-state index contributed by atoms with van der Waals surface area (Å²) in [5.74, 6) is -1.69. The number of methoxy groups -OCH3 is 1. The molecule has 2 unspecified atom stereocenters. The summed E-state index contributed by atoms with van der Waals surface area (Å²) < 4.78 is 9.94. The number of hydrogen-bond donors (Lipinski definition) is 1. The monoisotopic (exact) mass is 280 g/mol. The molecule has 1 aromatic rings. The SMILES string of the molecule is COC(=O)c1cccnc1N(C)C1COCC1C(=O)O. The summed E-state index contributed by atoms with van der Waals surface area (Å²) in [6.07, 6.45) is 1.55. The average molecular weight is 280 g/mol. The molecule has 108 valence electrons. The molecule has 1 fully saturated rings. The molecule has 7 nitrogen and oxygen atoms in total. The third-order valence-electron chi connectivity index (χ3n) is 3.39. The van der Waals surface area contributed by atoms with E-state index in [1.54, 1.807) is 30.3 Å². The highest BCUT2D eigenvalue weighted by atomic mass is 16.5. The van der Waals surface area contributed by atoms with Gasteiger partial charge in [-0.2, -0.15) is 0 Å². The number of esters is 1. The molecule has 1 saturated heterocycles. The Bertz CT molecular complexity index is 519. The normalized spacial score (nSPS) is 21.5. The number of aliphatic carboxylic acids is 1. The van der Waals surface area contributed by atoms with Gasteiger partial charge in [-0.05, 0) is 12.1 Å². The highest BCUT2D eigenvalue weighted by molar-refractivity contribution is 5.94. The lowest BCUT2D eigenvalue weighted by atomic mass is 10.0. The van der Waals surface area contributed by atoms with Gasteiger partial charge in [-0.3, -0.25) is 4.79 Å². The first kappa shape index (κ1) is 14.3. The van der Waals surface area contributed by atoms with E-state index in [0.29, 0.717) is 11.4 Å². The number of aromatic nitrogens is 1. The van der Waals surface area contributed by atoms with Crippen LogP contribution in [-0.4, -0.2) is 55.4 Å². The summed E-state index contributed by atoms with van der Waals surface area (Å²) in [5, 5.41) is 9.19. The van der Waals surface area contributed by atoms with Crippen LogP contribution < -0.4 is 4.90 Å². The molecule has 1 aliphatic heterocycles. The fourth-order valence-electron chi connectivity index (χ4n) is 2.26. The molecule has 1 aromatic heterocycles. The third kappa shape index (κ3) is 2.57. The standard InChI is InChI=1S/C13H16N2O5/c1-15(10-7-20-6-9(10)12(16)17)11-8(13(18)19-2)4-3-5-14-11/h3-5,9-10H,6-7H2,1-2H3,(H,16,17). The number of hydrogen-bond acceptors (Lipinski definition) is 6.